The number of carbonyl (C=O) groups is 2. The van der Waals surface area contributed by atoms with Crippen LogP contribution in [0.25, 0.3) is 16.9 Å². The highest BCUT2D eigenvalue weighted by atomic mass is 19.1. The van der Waals surface area contributed by atoms with Crippen molar-refractivity contribution in [2.75, 3.05) is 14.2 Å². The second-order valence-corrected chi connectivity index (χ2v) is 5.31. The molecule has 0 aliphatic heterocycles. The number of hydrogen-bond donors (Lipinski definition) is 0. The van der Waals surface area contributed by atoms with Gasteiger partial charge in [-0.05, 0) is 24.3 Å². The first-order valence-electron chi connectivity index (χ1n) is 7.67. The molecule has 2 aromatic carbocycles. The summed E-state index contributed by atoms with van der Waals surface area (Å²) >= 11 is 0. The van der Waals surface area contributed by atoms with Crippen LogP contribution in [-0.2, 0) is 9.47 Å². The molecule has 6 nitrogen and oxygen atoms in total. The van der Waals surface area contributed by atoms with Gasteiger partial charge in [-0.1, -0.05) is 30.3 Å². The van der Waals surface area contributed by atoms with Gasteiger partial charge < -0.3 is 9.47 Å². The lowest BCUT2D eigenvalue weighted by atomic mass is 10.1. The highest BCUT2D eigenvalue weighted by molar-refractivity contribution is 6.06. The molecule has 0 fully saturated rings. The third kappa shape index (κ3) is 3.06. The smallest absolute Gasteiger partial charge is 0.357 e. The van der Waals surface area contributed by atoms with Crippen molar-refractivity contribution >= 4 is 11.9 Å². The molecule has 132 valence electrons. The second-order valence-electron chi connectivity index (χ2n) is 5.31. The molecular weight excluding hydrogens is 339 g/mol. The van der Waals surface area contributed by atoms with Crippen LogP contribution in [0.3, 0.4) is 0 Å². The second kappa shape index (κ2) is 7.18. The summed E-state index contributed by atoms with van der Waals surface area (Å²) in [7, 11) is 2.40. The summed E-state index contributed by atoms with van der Waals surface area (Å²) in [6, 6.07) is 14.3. The van der Waals surface area contributed by atoms with Gasteiger partial charge in [-0.25, -0.2) is 18.7 Å². The van der Waals surface area contributed by atoms with Gasteiger partial charge in [0.05, 0.1) is 19.9 Å². The van der Waals surface area contributed by atoms with Gasteiger partial charge in [-0.3, -0.25) is 0 Å². The maximum absolute atomic E-state index is 13.7. The zero-order valence-corrected chi connectivity index (χ0v) is 14.1. The van der Waals surface area contributed by atoms with Crippen LogP contribution in [0, 0.1) is 5.82 Å². The molecule has 1 aromatic heterocycles. The van der Waals surface area contributed by atoms with Crippen LogP contribution < -0.4 is 0 Å². The molecule has 3 aromatic rings. The van der Waals surface area contributed by atoms with Crippen molar-refractivity contribution in [1.29, 1.82) is 0 Å². The molecular formula is C19H15FN2O4. The summed E-state index contributed by atoms with van der Waals surface area (Å²) in [5.41, 5.74) is 0.824. The molecule has 0 unspecified atom stereocenters. The minimum absolute atomic E-state index is 0.0891. The highest BCUT2D eigenvalue weighted by Gasteiger charge is 2.31. The first-order valence-corrected chi connectivity index (χ1v) is 7.67. The summed E-state index contributed by atoms with van der Waals surface area (Å²) in [6.07, 6.45) is 0. The average molecular weight is 354 g/mol. The molecule has 0 N–H and O–H groups in total. The van der Waals surface area contributed by atoms with E-state index in [1.807, 2.05) is 0 Å². The average Bonchev–Trinajstić information content (AvgIpc) is 3.08. The van der Waals surface area contributed by atoms with E-state index in [1.54, 1.807) is 36.4 Å². The van der Waals surface area contributed by atoms with Gasteiger partial charge in [0.25, 0.3) is 0 Å². The third-order valence-electron chi connectivity index (χ3n) is 3.75. The standard InChI is InChI=1S/C19H15FN2O4/c1-25-18(23)15-16(12-7-6-8-13(20)11-12)21-22(17(15)19(24)26-2)14-9-4-3-5-10-14/h3-11H,1-2H3. The van der Waals surface area contributed by atoms with Crippen molar-refractivity contribution in [1.82, 2.24) is 9.78 Å². The third-order valence-corrected chi connectivity index (χ3v) is 3.75. The van der Waals surface area contributed by atoms with Crippen LogP contribution in [0.15, 0.2) is 54.6 Å². The molecule has 0 atom stereocenters. The number of aromatic nitrogens is 2. The Balaban J connectivity index is 2.36. The van der Waals surface area contributed by atoms with E-state index < -0.39 is 17.8 Å². The van der Waals surface area contributed by atoms with Crippen molar-refractivity contribution in [3.05, 3.63) is 71.7 Å². The molecule has 0 bridgehead atoms. The molecule has 7 heteroatoms. The van der Waals surface area contributed by atoms with E-state index in [9.17, 15) is 14.0 Å². The minimum Gasteiger partial charge on any atom is -0.465 e. The van der Waals surface area contributed by atoms with Gasteiger partial charge in [0.1, 0.15) is 17.1 Å². The Kier molecular flexibility index (Phi) is 4.79. The number of halogens is 1. The summed E-state index contributed by atoms with van der Waals surface area (Å²) in [4.78, 5) is 24.8. The van der Waals surface area contributed by atoms with E-state index in [4.69, 9.17) is 9.47 Å². The number of nitrogens with zero attached hydrogens (tertiary/aromatic N) is 2. The van der Waals surface area contributed by atoms with Crippen molar-refractivity contribution < 1.29 is 23.5 Å². The van der Waals surface area contributed by atoms with Crippen LogP contribution in [0.2, 0.25) is 0 Å². The molecule has 0 radical (unpaired) electrons. The molecule has 0 amide bonds. The summed E-state index contributed by atoms with van der Waals surface area (Å²) in [5, 5.41) is 4.38. The molecule has 26 heavy (non-hydrogen) atoms. The lowest BCUT2D eigenvalue weighted by Gasteiger charge is -2.07. The molecule has 0 saturated carbocycles. The fraction of sp³-hybridized carbons (Fsp3) is 0.105. The highest BCUT2D eigenvalue weighted by Crippen LogP contribution is 2.29. The lowest BCUT2D eigenvalue weighted by Crippen LogP contribution is -2.15. The summed E-state index contributed by atoms with van der Waals surface area (Å²) in [5.74, 6) is -2.02. The van der Waals surface area contributed by atoms with Gasteiger partial charge in [0.2, 0.25) is 0 Å². The monoisotopic (exact) mass is 354 g/mol. The van der Waals surface area contributed by atoms with Crippen LogP contribution in [0.1, 0.15) is 20.8 Å². The summed E-state index contributed by atoms with van der Waals surface area (Å²) < 4.78 is 24.6. The maximum Gasteiger partial charge on any atom is 0.357 e. The Labute approximate surface area is 148 Å². The van der Waals surface area contributed by atoms with Gasteiger partial charge in [-0.15, -0.1) is 0 Å². The number of hydrogen-bond acceptors (Lipinski definition) is 5. The quantitative estimate of drug-likeness (QED) is 0.673. The van der Waals surface area contributed by atoms with Crippen molar-refractivity contribution in [2.24, 2.45) is 0 Å². The molecule has 0 aliphatic carbocycles. The molecule has 3 rings (SSSR count). The van der Waals surface area contributed by atoms with E-state index in [0.29, 0.717) is 11.3 Å². The fourth-order valence-electron chi connectivity index (χ4n) is 2.59. The summed E-state index contributed by atoms with van der Waals surface area (Å²) in [6.45, 7) is 0. The minimum atomic E-state index is -0.771. The number of methoxy groups -OCH3 is 2. The number of ether oxygens (including phenoxy) is 2. The van der Waals surface area contributed by atoms with Crippen LogP contribution in [0.4, 0.5) is 4.39 Å². The number of carbonyl (C=O) groups excluding carboxylic acids is 2. The van der Waals surface area contributed by atoms with E-state index in [-0.39, 0.29) is 17.0 Å². The molecule has 0 saturated heterocycles. The van der Waals surface area contributed by atoms with E-state index in [0.717, 1.165) is 0 Å². The normalized spacial score (nSPS) is 10.4. The number of benzene rings is 2. The fourth-order valence-corrected chi connectivity index (χ4v) is 2.59. The predicted molar refractivity (Wildman–Crippen MR) is 91.6 cm³/mol. The van der Waals surface area contributed by atoms with Crippen molar-refractivity contribution in [2.45, 2.75) is 0 Å². The van der Waals surface area contributed by atoms with E-state index in [1.165, 1.54) is 37.1 Å². The molecule has 1 heterocycles. The zero-order valence-electron chi connectivity index (χ0n) is 14.1. The van der Waals surface area contributed by atoms with Crippen LogP contribution in [0.5, 0.6) is 0 Å². The molecule has 0 spiro atoms. The predicted octanol–water partition coefficient (Wildman–Crippen LogP) is 3.25. The van der Waals surface area contributed by atoms with Crippen LogP contribution in [-0.4, -0.2) is 35.9 Å². The van der Waals surface area contributed by atoms with Gasteiger partial charge in [0, 0.05) is 5.56 Å². The topological polar surface area (TPSA) is 70.4 Å². The Hall–Kier alpha value is -3.48. The number of esters is 2. The number of rotatable bonds is 4. The SMILES string of the molecule is COC(=O)c1c(-c2cccc(F)c2)nn(-c2ccccc2)c1C(=O)OC. The van der Waals surface area contributed by atoms with E-state index in [2.05, 4.69) is 5.10 Å². The van der Waals surface area contributed by atoms with E-state index >= 15 is 0 Å². The zero-order chi connectivity index (χ0) is 18.7. The van der Waals surface area contributed by atoms with Crippen molar-refractivity contribution in [3.8, 4) is 16.9 Å². The van der Waals surface area contributed by atoms with Crippen LogP contribution >= 0.6 is 0 Å². The first-order chi connectivity index (χ1) is 12.6. The van der Waals surface area contributed by atoms with Gasteiger partial charge in [-0.2, -0.15) is 5.10 Å². The largest absolute Gasteiger partial charge is 0.465 e. The van der Waals surface area contributed by atoms with Crippen molar-refractivity contribution in [3.63, 3.8) is 0 Å². The Morgan fingerprint density at radius 3 is 2.27 bits per heavy atom. The Bertz CT molecular complexity index is 967. The van der Waals surface area contributed by atoms with Gasteiger partial charge >= 0.3 is 11.9 Å². The lowest BCUT2D eigenvalue weighted by molar-refractivity contribution is 0.0549. The Morgan fingerprint density at radius 1 is 0.962 bits per heavy atom. The number of para-hydroxylation sites is 1. The maximum atomic E-state index is 13.7. The first kappa shape index (κ1) is 17.3. The Morgan fingerprint density at radius 2 is 1.65 bits per heavy atom. The van der Waals surface area contributed by atoms with Gasteiger partial charge in [0.15, 0.2) is 5.69 Å². The molecule has 0 aliphatic rings.